The van der Waals surface area contributed by atoms with Crippen LogP contribution in [-0.4, -0.2) is 60.2 Å². The summed E-state index contributed by atoms with van der Waals surface area (Å²) in [6.45, 7) is 0.831. The third kappa shape index (κ3) is 3.76. The van der Waals surface area contributed by atoms with Crippen LogP contribution >= 0.6 is 12.4 Å². The number of sulfonamides is 1. The Morgan fingerprint density at radius 2 is 1.80 bits per heavy atom. The van der Waals surface area contributed by atoms with Crippen molar-refractivity contribution < 1.29 is 18.1 Å². The topological polar surface area (TPSA) is 127 Å². The maximum absolute atomic E-state index is 12.6. The van der Waals surface area contributed by atoms with Crippen molar-refractivity contribution in [3.8, 4) is 0 Å². The molecule has 1 saturated carbocycles. The highest BCUT2D eigenvalue weighted by atomic mass is 35.5. The number of halogens is 1. The summed E-state index contributed by atoms with van der Waals surface area (Å²) in [6.07, 6.45) is 1.33. The van der Waals surface area contributed by atoms with Crippen molar-refractivity contribution in [2.45, 2.75) is 23.3 Å². The molecule has 11 heteroatoms. The molecule has 138 valence electrons. The van der Waals surface area contributed by atoms with E-state index < -0.39 is 20.5 Å². The third-order valence-electron chi connectivity index (χ3n) is 4.41. The number of non-ortho nitro benzene ring substituents is 1. The van der Waals surface area contributed by atoms with Crippen LogP contribution in [0.3, 0.4) is 0 Å². The van der Waals surface area contributed by atoms with E-state index in [9.17, 15) is 23.3 Å². The van der Waals surface area contributed by atoms with Crippen LogP contribution in [0.4, 0.5) is 5.69 Å². The predicted molar refractivity (Wildman–Crippen MR) is 91.8 cm³/mol. The Morgan fingerprint density at radius 1 is 1.20 bits per heavy atom. The Bertz CT molecular complexity index is 788. The lowest BCUT2D eigenvalue weighted by Gasteiger charge is -2.35. The molecular formula is C14H19ClN4O5S. The number of rotatable bonds is 4. The lowest BCUT2D eigenvalue weighted by atomic mass is 10.2. The van der Waals surface area contributed by atoms with E-state index >= 15 is 0 Å². The average molecular weight is 391 g/mol. The number of nitro groups is 1. The van der Waals surface area contributed by atoms with Crippen molar-refractivity contribution in [2.24, 2.45) is 5.73 Å². The van der Waals surface area contributed by atoms with Gasteiger partial charge in [-0.25, -0.2) is 8.42 Å². The minimum absolute atomic E-state index is 0. The summed E-state index contributed by atoms with van der Waals surface area (Å²) >= 11 is 0. The van der Waals surface area contributed by atoms with Gasteiger partial charge in [0.15, 0.2) is 0 Å². The molecule has 0 radical (unpaired) electrons. The van der Waals surface area contributed by atoms with Crippen LogP contribution in [0, 0.1) is 10.1 Å². The summed E-state index contributed by atoms with van der Waals surface area (Å²) in [5, 5.41) is 10.8. The number of hydrogen-bond acceptors (Lipinski definition) is 6. The Morgan fingerprint density at radius 3 is 2.32 bits per heavy atom. The van der Waals surface area contributed by atoms with Crippen molar-refractivity contribution in [3.05, 3.63) is 34.4 Å². The SMILES string of the molecule is Cl.NC1(C(=O)N2CCN(S(=O)(=O)c3cccc([N+](=O)[O-])c3)CC2)CC1. The molecule has 2 aliphatic rings. The largest absolute Gasteiger partial charge is 0.338 e. The molecule has 3 rings (SSSR count). The number of nitro benzene ring substituents is 1. The Balaban J connectivity index is 0.00000225. The standard InChI is InChI=1S/C14H18N4O5S.ClH/c15-14(4-5-14)13(19)16-6-8-17(9-7-16)24(22,23)12-3-1-2-11(10-12)18(20)21;/h1-3,10H,4-9,15H2;1H. The predicted octanol–water partition coefficient (Wildman–Crippen LogP) is 0.341. The molecule has 25 heavy (non-hydrogen) atoms. The van der Waals surface area contributed by atoms with Crippen molar-refractivity contribution in [1.82, 2.24) is 9.21 Å². The zero-order valence-electron chi connectivity index (χ0n) is 13.3. The first-order valence-electron chi connectivity index (χ1n) is 7.57. The van der Waals surface area contributed by atoms with Gasteiger partial charge in [0.25, 0.3) is 5.69 Å². The number of hydrogen-bond donors (Lipinski definition) is 1. The fourth-order valence-corrected chi connectivity index (χ4v) is 4.16. The van der Waals surface area contributed by atoms with Gasteiger partial charge in [-0.3, -0.25) is 14.9 Å². The second kappa shape index (κ2) is 6.87. The Hall–Kier alpha value is -1.75. The molecule has 1 aliphatic heterocycles. The van der Waals surface area contributed by atoms with Crippen LogP contribution < -0.4 is 5.73 Å². The van der Waals surface area contributed by atoms with Crippen LogP contribution in [0.5, 0.6) is 0 Å². The van der Waals surface area contributed by atoms with E-state index in [1.807, 2.05) is 0 Å². The summed E-state index contributed by atoms with van der Waals surface area (Å²) in [6, 6.07) is 4.97. The van der Waals surface area contributed by atoms with Gasteiger partial charge in [0.05, 0.1) is 15.4 Å². The third-order valence-corrected chi connectivity index (χ3v) is 6.30. The van der Waals surface area contributed by atoms with Gasteiger partial charge in [-0.2, -0.15) is 4.31 Å². The van der Waals surface area contributed by atoms with Crippen molar-refractivity contribution in [1.29, 1.82) is 0 Å². The Kier molecular flexibility index (Phi) is 5.38. The number of benzene rings is 1. The van der Waals surface area contributed by atoms with Crippen LogP contribution in [0.2, 0.25) is 0 Å². The number of carbonyl (C=O) groups is 1. The molecule has 0 spiro atoms. The number of amides is 1. The van der Waals surface area contributed by atoms with Crippen molar-refractivity contribution >= 4 is 34.0 Å². The number of nitrogens with zero attached hydrogens (tertiary/aromatic N) is 3. The highest BCUT2D eigenvalue weighted by Crippen LogP contribution is 2.34. The second-order valence-electron chi connectivity index (χ2n) is 6.11. The monoisotopic (exact) mass is 390 g/mol. The average Bonchev–Trinajstić information content (AvgIpc) is 3.33. The van der Waals surface area contributed by atoms with Gasteiger partial charge in [-0.05, 0) is 18.9 Å². The molecule has 0 unspecified atom stereocenters. The molecule has 1 saturated heterocycles. The summed E-state index contributed by atoms with van der Waals surface area (Å²) in [5.41, 5.74) is 4.85. The number of carbonyl (C=O) groups excluding carboxylic acids is 1. The smallest absolute Gasteiger partial charge is 0.270 e. The van der Waals surface area contributed by atoms with Gasteiger partial charge in [0.1, 0.15) is 0 Å². The van der Waals surface area contributed by atoms with Gasteiger partial charge in [0.2, 0.25) is 15.9 Å². The maximum Gasteiger partial charge on any atom is 0.270 e. The molecule has 2 N–H and O–H groups in total. The summed E-state index contributed by atoms with van der Waals surface area (Å²) < 4.78 is 26.5. The molecule has 0 aromatic heterocycles. The maximum atomic E-state index is 12.6. The number of nitrogens with two attached hydrogens (primary N) is 1. The van der Waals surface area contributed by atoms with E-state index in [0.29, 0.717) is 12.8 Å². The lowest BCUT2D eigenvalue weighted by Crippen LogP contribution is -2.55. The summed E-state index contributed by atoms with van der Waals surface area (Å²) in [5.74, 6) is -0.130. The fraction of sp³-hybridized carbons (Fsp3) is 0.500. The molecule has 1 amide bonds. The second-order valence-corrected chi connectivity index (χ2v) is 8.04. The van der Waals surface area contributed by atoms with Gasteiger partial charge < -0.3 is 10.6 Å². The normalized spacial score (nSPS) is 19.8. The van der Waals surface area contributed by atoms with E-state index in [-0.39, 0.29) is 55.1 Å². The summed E-state index contributed by atoms with van der Waals surface area (Å²) in [7, 11) is -3.83. The van der Waals surface area contributed by atoms with Gasteiger partial charge in [-0.1, -0.05) is 6.07 Å². The molecule has 1 aliphatic carbocycles. The first-order valence-corrected chi connectivity index (χ1v) is 9.01. The van der Waals surface area contributed by atoms with Gasteiger partial charge in [0, 0.05) is 38.3 Å². The minimum Gasteiger partial charge on any atom is -0.338 e. The van der Waals surface area contributed by atoms with E-state index in [4.69, 9.17) is 5.73 Å². The highest BCUT2D eigenvalue weighted by molar-refractivity contribution is 7.89. The minimum atomic E-state index is -3.83. The van der Waals surface area contributed by atoms with Crippen molar-refractivity contribution in [3.63, 3.8) is 0 Å². The van der Waals surface area contributed by atoms with E-state index in [1.165, 1.54) is 22.5 Å². The first kappa shape index (κ1) is 19.6. The van der Waals surface area contributed by atoms with E-state index in [1.54, 1.807) is 4.90 Å². The lowest BCUT2D eigenvalue weighted by molar-refractivity contribution is -0.385. The van der Waals surface area contributed by atoms with Gasteiger partial charge in [-0.15, -0.1) is 12.4 Å². The molecule has 9 nitrogen and oxygen atoms in total. The molecule has 1 aromatic rings. The Labute approximate surface area is 151 Å². The quantitative estimate of drug-likeness (QED) is 0.583. The molecule has 2 fully saturated rings. The molecule has 0 bridgehead atoms. The fourth-order valence-electron chi connectivity index (χ4n) is 2.70. The van der Waals surface area contributed by atoms with E-state index in [0.717, 1.165) is 6.07 Å². The first-order chi connectivity index (χ1) is 11.2. The van der Waals surface area contributed by atoms with E-state index in [2.05, 4.69) is 0 Å². The zero-order chi connectivity index (χ0) is 17.5. The van der Waals surface area contributed by atoms with Crippen LogP contribution in [0.25, 0.3) is 0 Å². The van der Waals surface area contributed by atoms with Crippen LogP contribution in [0.15, 0.2) is 29.2 Å². The number of piperazine rings is 1. The van der Waals surface area contributed by atoms with Crippen molar-refractivity contribution in [2.75, 3.05) is 26.2 Å². The molecule has 1 heterocycles. The highest BCUT2D eigenvalue weighted by Gasteiger charge is 2.48. The zero-order valence-corrected chi connectivity index (χ0v) is 15.0. The van der Waals surface area contributed by atoms with Crippen LogP contribution in [0.1, 0.15) is 12.8 Å². The molecule has 1 aromatic carbocycles. The summed E-state index contributed by atoms with van der Waals surface area (Å²) in [4.78, 5) is 23.8. The van der Waals surface area contributed by atoms with Gasteiger partial charge >= 0.3 is 0 Å². The molecular weight excluding hydrogens is 372 g/mol. The van der Waals surface area contributed by atoms with Crippen LogP contribution in [-0.2, 0) is 14.8 Å². The molecule has 0 atom stereocenters.